The van der Waals surface area contributed by atoms with E-state index in [9.17, 15) is 9.59 Å². The zero-order valence-electron chi connectivity index (χ0n) is 8.03. The van der Waals surface area contributed by atoms with E-state index in [2.05, 4.69) is 4.74 Å². The zero-order valence-corrected chi connectivity index (χ0v) is 8.03. The van der Waals surface area contributed by atoms with Gasteiger partial charge in [-0.2, -0.15) is 0 Å². The van der Waals surface area contributed by atoms with Gasteiger partial charge in [0.15, 0.2) is 0 Å². The van der Waals surface area contributed by atoms with Crippen LogP contribution in [0.1, 0.15) is 26.3 Å². The van der Waals surface area contributed by atoms with Crippen molar-refractivity contribution >= 4 is 11.9 Å². The highest BCUT2D eigenvalue weighted by Gasteiger charge is 2.13. The third-order valence-corrected chi connectivity index (χ3v) is 2.00. The normalized spacial score (nSPS) is 9.57. The van der Waals surface area contributed by atoms with E-state index in [0.29, 0.717) is 16.7 Å². The number of methoxy groups -OCH3 is 1. The van der Waals surface area contributed by atoms with Crippen LogP contribution in [0, 0.1) is 6.92 Å². The Balaban J connectivity index is 3.27. The van der Waals surface area contributed by atoms with Crippen molar-refractivity contribution in [3.63, 3.8) is 0 Å². The van der Waals surface area contributed by atoms with Crippen LogP contribution in [-0.4, -0.2) is 19.0 Å². The molecule has 1 aromatic carbocycles. The summed E-state index contributed by atoms with van der Waals surface area (Å²) >= 11 is 0. The summed E-state index contributed by atoms with van der Waals surface area (Å²) in [5, 5.41) is 0. The molecule has 4 heteroatoms. The van der Waals surface area contributed by atoms with Gasteiger partial charge in [0, 0.05) is 5.56 Å². The van der Waals surface area contributed by atoms with Crippen LogP contribution in [0.25, 0.3) is 0 Å². The van der Waals surface area contributed by atoms with Gasteiger partial charge in [-0.25, -0.2) is 4.79 Å². The summed E-state index contributed by atoms with van der Waals surface area (Å²) in [4.78, 5) is 22.2. The van der Waals surface area contributed by atoms with Crippen molar-refractivity contribution in [1.29, 1.82) is 0 Å². The van der Waals surface area contributed by atoms with Gasteiger partial charge in [-0.3, -0.25) is 4.79 Å². The molecule has 74 valence electrons. The SMILES string of the molecule is COC(=O)c1cccc(C(N)=O)c1C. The fourth-order valence-electron chi connectivity index (χ4n) is 1.23. The lowest BCUT2D eigenvalue weighted by Gasteiger charge is -2.06. The van der Waals surface area contributed by atoms with Crippen molar-refractivity contribution in [2.24, 2.45) is 5.73 Å². The summed E-state index contributed by atoms with van der Waals surface area (Å²) in [6.45, 7) is 1.66. The maximum atomic E-state index is 11.2. The van der Waals surface area contributed by atoms with Crippen molar-refractivity contribution in [3.05, 3.63) is 34.9 Å². The van der Waals surface area contributed by atoms with E-state index < -0.39 is 11.9 Å². The molecule has 14 heavy (non-hydrogen) atoms. The number of ether oxygens (including phenoxy) is 1. The first-order chi connectivity index (χ1) is 6.57. The average molecular weight is 193 g/mol. The van der Waals surface area contributed by atoms with E-state index >= 15 is 0 Å². The van der Waals surface area contributed by atoms with E-state index in [4.69, 9.17) is 5.73 Å². The molecule has 0 aliphatic carbocycles. The highest BCUT2D eigenvalue weighted by atomic mass is 16.5. The number of benzene rings is 1. The minimum absolute atomic E-state index is 0.341. The zero-order chi connectivity index (χ0) is 10.7. The quantitative estimate of drug-likeness (QED) is 0.709. The van der Waals surface area contributed by atoms with Crippen molar-refractivity contribution in [1.82, 2.24) is 0 Å². The molecule has 0 atom stereocenters. The lowest BCUT2D eigenvalue weighted by Crippen LogP contribution is -2.15. The van der Waals surface area contributed by atoms with Gasteiger partial charge in [0.1, 0.15) is 0 Å². The first-order valence-corrected chi connectivity index (χ1v) is 4.05. The van der Waals surface area contributed by atoms with Gasteiger partial charge < -0.3 is 10.5 Å². The third kappa shape index (κ3) is 1.74. The van der Waals surface area contributed by atoms with Gasteiger partial charge in [0.25, 0.3) is 0 Å². The largest absolute Gasteiger partial charge is 0.465 e. The van der Waals surface area contributed by atoms with Gasteiger partial charge in [0.05, 0.1) is 12.7 Å². The molecule has 0 aromatic heterocycles. The molecule has 0 heterocycles. The second-order valence-electron chi connectivity index (χ2n) is 2.83. The Bertz CT molecular complexity index is 385. The van der Waals surface area contributed by atoms with Crippen LogP contribution in [0.5, 0.6) is 0 Å². The number of carbonyl (C=O) groups excluding carboxylic acids is 2. The first kappa shape index (κ1) is 10.2. The number of amides is 1. The Kier molecular flexibility index (Phi) is 2.86. The third-order valence-electron chi connectivity index (χ3n) is 2.00. The molecule has 1 aromatic rings. The summed E-state index contributed by atoms with van der Waals surface area (Å²) in [6, 6.07) is 4.76. The second-order valence-corrected chi connectivity index (χ2v) is 2.83. The monoisotopic (exact) mass is 193 g/mol. The molecule has 0 radical (unpaired) electrons. The molecule has 1 amide bonds. The van der Waals surface area contributed by atoms with E-state index in [1.54, 1.807) is 25.1 Å². The summed E-state index contributed by atoms with van der Waals surface area (Å²) < 4.78 is 4.56. The summed E-state index contributed by atoms with van der Waals surface area (Å²) in [6.07, 6.45) is 0. The van der Waals surface area contributed by atoms with E-state index in [1.165, 1.54) is 7.11 Å². The average Bonchev–Trinajstić information content (AvgIpc) is 2.16. The lowest BCUT2D eigenvalue weighted by molar-refractivity contribution is 0.0600. The number of hydrogen-bond donors (Lipinski definition) is 1. The highest BCUT2D eigenvalue weighted by Crippen LogP contribution is 2.13. The molecule has 4 nitrogen and oxygen atoms in total. The number of carbonyl (C=O) groups is 2. The molecular formula is C10H11NO3. The minimum Gasteiger partial charge on any atom is -0.465 e. The number of hydrogen-bond acceptors (Lipinski definition) is 3. The molecule has 0 aliphatic rings. The predicted molar refractivity (Wildman–Crippen MR) is 51.0 cm³/mol. The van der Waals surface area contributed by atoms with Crippen LogP contribution in [0.2, 0.25) is 0 Å². The van der Waals surface area contributed by atoms with Gasteiger partial charge >= 0.3 is 5.97 Å². The van der Waals surface area contributed by atoms with E-state index in [1.807, 2.05) is 0 Å². The number of nitrogens with two attached hydrogens (primary N) is 1. The van der Waals surface area contributed by atoms with Gasteiger partial charge in [-0.1, -0.05) is 6.07 Å². The molecule has 0 spiro atoms. The van der Waals surface area contributed by atoms with E-state index in [-0.39, 0.29) is 0 Å². The molecule has 0 aliphatic heterocycles. The fourth-order valence-corrected chi connectivity index (χ4v) is 1.23. The van der Waals surface area contributed by atoms with Crippen LogP contribution in [-0.2, 0) is 4.74 Å². The Hall–Kier alpha value is -1.84. The Labute approximate surface area is 81.7 Å². The maximum Gasteiger partial charge on any atom is 0.338 e. The van der Waals surface area contributed by atoms with Gasteiger partial charge in [-0.05, 0) is 24.6 Å². The van der Waals surface area contributed by atoms with Gasteiger partial charge in [0.2, 0.25) is 5.91 Å². The van der Waals surface area contributed by atoms with Crippen LogP contribution < -0.4 is 5.73 Å². The number of primary amides is 1. The summed E-state index contributed by atoms with van der Waals surface area (Å²) in [7, 11) is 1.29. The smallest absolute Gasteiger partial charge is 0.338 e. The minimum atomic E-state index is -0.548. The van der Waals surface area contributed by atoms with E-state index in [0.717, 1.165) is 0 Å². The van der Waals surface area contributed by atoms with Crippen LogP contribution in [0.15, 0.2) is 18.2 Å². The molecule has 0 fully saturated rings. The standard InChI is InChI=1S/C10H11NO3/c1-6-7(9(11)12)4-3-5-8(6)10(13)14-2/h3-5H,1-2H3,(H2,11,12). The van der Waals surface area contributed by atoms with Crippen LogP contribution >= 0.6 is 0 Å². The first-order valence-electron chi connectivity index (χ1n) is 4.05. The second kappa shape index (κ2) is 3.91. The highest BCUT2D eigenvalue weighted by molar-refractivity contribution is 5.99. The maximum absolute atomic E-state index is 11.2. The van der Waals surface area contributed by atoms with Crippen molar-refractivity contribution < 1.29 is 14.3 Å². The molecular weight excluding hydrogens is 182 g/mol. The van der Waals surface area contributed by atoms with Crippen LogP contribution in [0.4, 0.5) is 0 Å². The molecule has 0 saturated heterocycles. The predicted octanol–water partition coefficient (Wildman–Crippen LogP) is 0.881. The van der Waals surface area contributed by atoms with Gasteiger partial charge in [-0.15, -0.1) is 0 Å². The Morgan fingerprint density at radius 2 is 1.86 bits per heavy atom. The molecule has 0 bridgehead atoms. The summed E-state index contributed by atoms with van der Waals surface area (Å²) in [5.74, 6) is -1.01. The molecule has 2 N–H and O–H groups in total. The lowest BCUT2D eigenvalue weighted by atomic mass is 10.0. The molecule has 0 saturated carbocycles. The van der Waals surface area contributed by atoms with Crippen molar-refractivity contribution in [3.8, 4) is 0 Å². The summed E-state index contributed by atoms with van der Waals surface area (Å²) in [5.41, 5.74) is 6.39. The topological polar surface area (TPSA) is 69.4 Å². The van der Waals surface area contributed by atoms with Crippen molar-refractivity contribution in [2.45, 2.75) is 6.92 Å². The Morgan fingerprint density at radius 1 is 1.29 bits per heavy atom. The van der Waals surface area contributed by atoms with Crippen LogP contribution in [0.3, 0.4) is 0 Å². The molecule has 1 rings (SSSR count). The van der Waals surface area contributed by atoms with Crippen molar-refractivity contribution in [2.75, 3.05) is 7.11 Å². The molecule has 0 unspecified atom stereocenters. The number of esters is 1. The number of rotatable bonds is 2. The fraction of sp³-hybridized carbons (Fsp3) is 0.200. The Morgan fingerprint density at radius 3 is 2.36 bits per heavy atom.